The van der Waals surface area contributed by atoms with Gasteiger partial charge in [-0.25, -0.2) is 4.79 Å². The molecule has 0 aliphatic rings. The molecule has 82 valence electrons. The summed E-state index contributed by atoms with van der Waals surface area (Å²) < 4.78 is 0. The van der Waals surface area contributed by atoms with Crippen molar-refractivity contribution in [2.24, 2.45) is 0 Å². The average molecular weight is 199 g/mol. The van der Waals surface area contributed by atoms with Crippen LogP contribution < -0.4 is 5.11 Å². The minimum Gasteiger partial charge on any atom is -0.868 e. The summed E-state index contributed by atoms with van der Waals surface area (Å²) in [5.74, 6) is -2.03. The van der Waals surface area contributed by atoms with Crippen LogP contribution in [0.3, 0.4) is 0 Å². The van der Waals surface area contributed by atoms with Crippen LogP contribution in [0.15, 0.2) is 11.3 Å². The average Bonchev–Trinajstić information content (AvgIpc) is 2.17. The van der Waals surface area contributed by atoms with Crippen LogP contribution in [-0.4, -0.2) is 11.1 Å². The fourth-order valence-corrected chi connectivity index (χ4v) is 1.37. The molecule has 3 nitrogen and oxygen atoms in total. The third-order valence-corrected chi connectivity index (χ3v) is 2.27. The van der Waals surface area contributed by atoms with Gasteiger partial charge in [0.1, 0.15) is 0 Å². The highest BCUT2D eigenvalue weighted by molar-refractivity contribution is 5.84. The Labute approximate surface area is 85.4 Å². The Bertz CT molecular complexity index is 207. The van der Waals surface area contributed by atoms with Gasteiger partial charge in [-0.2, -0.15) is 0 Å². The Morgan fingerprint density at radius 2 is 1.86 bits per heavy atom. The van der Waals surface area contributed by atoms with Crippen molar-refractivity contribution in [2.45, 2.75) is 52.4 Å². The van der Waals surface area contributed by atoms with Gasteiger partial charge in [-0.15, -0.1) is 0 Å². The lowest BCUT2D eigenvalue weighted by atomic mass is 10.0. The van der Waals surface area contributed by atoms with E-state index in [4.69, 9.17) is 5.11 Å². The van der Waals surface area contributed by atoms with Crippen molar-refractivity contribution in [1.82, 2.24) is 0 Å². The molecule has 0 unspecified atom stereocenters. The molecule has 0 aliphatic heterocycles. The van der Waals surface area contributed by atoms with Crippen molar-refractivity contribution in [3.63, 3.8) is 0 Å². The Hall–Kier alpha value is -0.990. The second kappa shape index (κ2) is 7.42. The molecule has 0 amide bonds. The van der Waals surface area contributed by atoms with E-state index < -0.39 is 11.7 Å². The molecule has 0 atom stereocenters. The van der Waals surface area contributed by atoms with Crippen molar-refractivity contribution in [1.29, 1.82) is 0 Å². The van der Waals surface area contributed by atoms with Gasteiger partial charge in [0.15, 0.2) is 0 Å². The highest BCUT2D eigenvalue weighted by Gasteiger charge is 2.02. The molecular formula is C11H19O3-. The first-order chi connectivity index (χ1) is 6.63. The molecule has 0 saturated carbocycles. The molecule has 0 spiro atoms. The molecule has 0 fully saturated rings. The fourth-order valence-electron chi connectivity index (χ4n) is 1.37. The van der Waals surface area contributed by atoms with E-state index in [2.05, 4.69) is 6.92 Å². The molecule has 0 heterocycles. The molecule has 0 aromatic heterocycles. The maximum absolute atomic E-state index is 11.1. The minimum atomic E-state index is -1.32. The lowest BCUT2D eigenvalue weighted by Crippen LogP contribution is -2.17. The first-order valence-electron chi connectivity index (χ1n) is 5.25. The van der Waals surface area contributed by atoms with Gasteiger partial charge in [-0.3, -0.25) is 0 Å². The standard InChI is InChI=1S/C11H20O3/c1-3-5-6-7-8-9(4-2)10(12)11(13)14/h12H,3-8H2,1-2H3,(H,13,14)/p-1/b10-9+. The maximum atomic E-state index is 11.1. The molecular weight excluding hydrogens is 180 g/mol. The SMILES string of the molecule is CCCCCC/C(CC)=C(/[O-])C(=O)O. The van der Waals surface area contributed by atoms with E-state index in [0.717, 1.165) is 25.7 Å². The third kappa shape index (κ3) is 4.90. The van der Waals surface area contributed by atoms with Crippen LogP contribution in [0.2, 0.25) is 0 Å². The van der Waals surface area contributed by atoms with Crippen molar-refractivity contribution >= 4 is 5.97 Å². The van der Waals surface area contributed by atoms with Crippen LogP contribution in [0.5, 0.6) is 0 Å². The molecule has 0 rings (SSSR count). The normalized spacial score (nSPS) is 12.4. The van der Waals surface area contributed by atoms with Gasteiger partial charge in [0.25, 0.3) is 0 Å². The van der Waals surface area contributed by atoms with E-state index in [-0.39, 0.29) is 0 Å². The van der Waals surface area contributed by atoms with Gasteiger partial charge < -0.3 is 10.2 Å². The lowest BCUT2D eigenvalue weighted by molar-refractivity contribution is -0.304. The van der Waals surface area contributed by atoms with Crippen molar-refractivity contribution < 1.29 is 15.0 Å². The van der Waals surface area contributed by atoms with Gasteiger partial charge in [-0.05, 0) is 25.0 Å². The summed E-state index contributed by atoms with van der Waals surface area (Å²) in [6.45, 7) is 3.95. The molecule has 0 aromatic rings. The van der Waals surface area contributed by atoms with Crippen LogP contribution in [0.1, 0.15) is 52.4 Å². The summed E-state index contributed by atoms with van der Waals surface area (Å²) >= 11 is 0. The first-order valence-corrected chi connectivity index (χ1v) is 5.25. The summed E-state index contributed by atoms with van der Waals surface area (Å²) in [4.78, 5) is 10.4. The summed E-state index contributed by atoms with van der Waals surface area (Å²) in [5.41, 5.74) is 0.550. The number of carboxylic acid groups (broad SMARTS) is 1. The fraction of sp³-hybridized carbons (Fsp3) is 0.727. The molecule has 1 N–H and O–H groups in total. The van der Waals surface area contributed by atoms with Gasteiger partial charge in [0.05, 0.1) is 0 Å². The second-order valence-electron chi connectivity index (χ2n) is 3.40. The van der Waals surface area contributed by atoms with Crippen LogP contribution in [0.4, 0.5) is 0 Å². The van der Waals surface area contributed by atoms with Crippen LogP contribution in [0.25, 0.3) is 0 Å². The van der Waals surface area contributed by atoms with Gasteiger partial charge in [0.2, 0.25) is 0 Å². The number of carboxylic acids is 1. The molecule has 0 bridgehead atoms. The maximum Gasteiger partial charge on any atom is 0.320 e. The van der Waals surface area contributed by atoms with E-state index >= 15 is 0 Å². The summed E-state index contributed by atoms with van der Waals surface area (Å²) in [6, 6.07) is 0. The second-order valence-corrected chi connectivity index (χ2v) is 3.40. The molecule has 3 heteroatoms. The van der Waals surface area contributed by atoms with Crippen LogP contribution in [-0.2, 0) is 4.79 Å². The van der Waals surface area contributed by atoms with Gasteiger partial charge in [0, 0.05) is 0 Å². The molecule has 0 aromatic carbocycles. The van der Waals surface area contributed by atoms with E-state index in [0.29, 0.717) is 18.4 Å². The number of carbonyl (C=O) groups is 1. The Kier molecular flexibility index (Phi) is 6.89. The van der Waals surface area contributed by atoms with Gasteiger partial charge in [-0.1, -0.05) is 38.7 Å². The molecule has 14 heavy (non-hydrogen) atoms. The van der Waals surface area contributed by atoms with Crippen molar-refractivity contribution in [3.05, 3.63) is 11.3 Å². The van der Waals surface area contributed by atoms with Crippen LogP contribution >= 0.6 is 0 Å². The van der Waals surface area contributed by atoms with Crippen molar-refractivity contribution in [3.8, 4) is 0 Å². The molecule has 0 radical (unpaired) electrons. The zero-order chi connectivity index (χ0) is 11.0. The zero-order valence-electron chi connectivity index (χ0n) is 9.01. The van der Waals surface area contributed by atoms with Crippen molar-refractivity contribution in [2.75, 3.05) is 0 Å². The zero-order valence-corrected chi connectivity index (χ0v) is 9.01. The Morgan fingerprint density at radius 1 is 1.21 bits per heavy atom. The number of hydrogen-bond donors (Lipinski definition) is 1. The highest BCUT2D eigenvalue weighted by Crippen LogP contribution is 2.15. The predicted molar refractivity (Wildman–Crippen MR) is 53.7 cm³/mol. The predicted octanol–water partition coefficient (Wildman–Crippen LogP) is 2.07. The van der Waals surface area contributed by atoms with Crippen LogP contribution in [0, 0.1) is 0 Å². The molecule has 0 saturated heterocycles. The smallest absolute Gasteiger partial charge is 0.320 e. The quantitative estimate of drug-likeness (QED) is 0.388. The highest BCUT2D eigenvalue weighted by atomic mass is 16.4. The summed E-state index contributed by atoms with van der Waals surface area (Å²) in [5, 5.41) is 19.6. The Morgan fingerprint density at radius 3 is 2.29 bits per heavy atom. The monoisotopic (exact) mass is 199 g/mol. The Balaban J connectivity index is 4.02. The third-order valence-electron chi connectivity index (χ3n) is 2.27. The van der Waals surface area contributed by atoms with E-state index in [1.807, 2.05) is 6.92 Å². The number of rotatable bonds is 7. The van der Waals surface area contributed by atoms with E-state index in [9.17, 15) is 9.90 Å². The van der Waals surface area contributed by atoms with E-state index in [1.54, 1.807) is 0 Å². The first kappa shape index (κ1) is 13.0. The topological polar surface area (TPSA) is 60.4 Å². The number of hydrogen-bond acceptors (Lipinski definition) is 2. The lowest BCUT2D eigenvalue weighted by Gasteiger charge is -2.13. The summed E-state index contributed by atoms with van der Waals surface area (Å²) in [6.07, 6.45) is 5.49. The largest absolute Gasteiger partial charge is 0.868 e. The number of unbranched alkanes of at least 4 members (excludes halogenated alkanes) is 3. The molecule has 0 aliphatic carbocycles. The number of allylic oxidation sites excluding steroid dienone is 1. The number of aliphatic carboxylic acids is 1. The van der Waals surface area contributed by atoms with E-state index in [1.165, 1.54) is 0 Å². The van der Waals surface area contributed by atoms with Gasteiger partial charge >= 0.3 is 5.97 Å². The summed E-state index contributed by atoms with van der Waals surface area (Å²) in [7, 11) is 0. The minimum absolute atomic E-state index is 0.550.